The van der Waals surface area contributed by atoms with Crippen molar-refractivity contribution < 1.29 is 8.78 Å². The molecule has 2 heteroatoms. The van der Waals surface area contributed by atoms with Crippen molar-refractivity contribution in [3.63, 3.8) is 0 Å². The number of benzene rings is 1. The Balaban J connectivity index is 2.38. The fourth-order valence-corrected chi connectivity index (χ4v) is 2.51. The lowest BCUT2D eigenvalue weighted by Gasteiger charge is -2.18. The van der Waals surface area contributed by atoms with Crippen LogP contribution in [-0.4, -0.2) is 0 Å². The van der Waals surface area contributed by atoms with Crippen molar-refractivity contribution in [1.82, 2.24) is 0 Å². The molecule has 0 bridgehead atoms. The minimum atomic E-state index is -0.710. The van der Waals surface area contributed by atoms with Crippen LogP contribution in [0, 0.1) is 17.6 Å². The number of halogens is 2. The average molecular weight is 210 g/mol. The molecule has 0 nitrogen and oxygen atoms in total. The van der Waals surface area contributed by atoms with Gasteiger partial charge in [0, 0.05) is 0 Å². The standard InChI is InChI=1S/C13H16F2/c1-3-8(2)10-5-4-9-6-12(14)13(15)7-11(9)10/h6-8,10H,3-5H2,1-2H3. The second kappa shape index (κ2) is 3.92. The Bertz CT molecular complexity index is 371. The van der Waals surface area contributed by atoms with E-state index < -0.39 is 11.6 Å². The lowest BCUT2D eigenvalue weighted by molar-refractivity contribution is 0.440. The second-order valence-corrected chi connectivity index (χ2v) is 4.50. The van der Waals surface area contributed by atoms with Gasteiger partial charge in [-0.2, -0.15) is 0 Å². The molecule has 0 N–H and O–H groups in total. The first-order valence-corrected chi connectivity index (χ1v) is 5.61. The molecule has 0 fully saturated rings. The van der Waals surface area contributed by atoms with Crippen LogP contribution in [0.25, 0.3) is 0 Å². The van der Waals surface area contributed by atoms with Gasteiger partial charge in [0.15, 0.2) is 11.6 Å². The van der Waals surface area contributed by atoms with E-state index in [1.54, 1.807) is 0 Å². The topological polar surface area (TPSA) is 0 Å². The molecule has 82 valence electrons. The molecule has 1 aliphatic rings. The summed E-state index contributed by atoms with van der Waals surface area (Å²) in [5.74, 6) is -0.446. The van der Waals surface area contributed by atoms with E-state index in [4.69, 9.17) is 0 Å². The van der Waals surface area contributed by atoms with Gasteiger partial charge in [0.25, 0.3) is 0 Å². The van der Waals surface area contributed by atoms with Gasteiger partial charge in [-0.3, -0.25) is 0 Å². The third-order valence-electron chi connectivity index (χ3n) is 3.64. The van der Waals surface area contributed by atoms with E-state index in [9.17, 15) is 8.78 Å². The van der Waals surface area contributed by atoms with Crippen LogP contribution in [0.3, 0.4) is 0 Å². The molecule has 2 unspecified atom stereocenters. The van der Waals surface area contributed by atoms with Gasteiger partial charge in [-0.25, -0.2) is 8.78 Å². The van der Waals surface area contributed by atoms with Gasteiger partial charge in [0.1, 0.15) is 0 Å². The highest BCUT2D eigenvalue weighted by Gasteiger charge is 2.27. The molecule has 1 aliphatic carbocycles. The Morgan fingerprint density at radius 3 is 2.67 bits per heavy atom. The fraction of sp³-hybridized carbons (Fsp3) is 0.538. The quantitative estimate of drug-likeness (QED) is 0.691. The van der Waals surface area contributed by atoms with Crippen molar-refractivity contribution in [2.24, 2.45) is 5.92 Å². The van der Waals surface area contributed by atoms with Gasteiger partial charge >= 0.3 is 0 Å². The van der Waals surface area contributed by atoms with Crippen LogP contribution >= 0.6 is 0 Å². The van der Waals surface area contributed by atoms with E-state index in [1.165, 1.54) is 12.1 Å². The summed E-state index contributed by atoms with van der Waals surface area (Å²) in [5, 5.41) is 0. The molecule has 0 saturated heterocycles. The van der Waals surface area contributed by atoms with E-state index in [-0.39, 0.29) is 0 Å². The Kier molecular flexibility index (Phi) is 2.76. The molecule has 0 heterocycles. The van der Waals surface area contributed by atoms with Crippen LogP contribution in [0.1, 0.15) is 43.7 Å². The third-order valence-corrected chi connectivity index (χ3v) is 3.64. The van der Waals surface area contributed by atoms with Crippen molar-refractivity contribution in [3.8, 4) is 0 Å². The molecule has 1 aromatic carbocycles. The lowest BCUT2D eigenvalue weighted by atomic mass is 9.87. The smallest absolute Gasteiger partial charge is 0.159 e. The maximum absolute atomic E-state index is 13.1. The summed E-state index contributed by atoms with van der Waals surface area (Å²) in [5.41, 5.74) is 2.03. The number of fused-ring (bicyclic) bond motifs is 1. The van der Waals surface area contributed by atoms with Gasteiger partial charge in [0.05, 0.1) is 0 Å². The SMILES string of the molecule is CCC(C)C1CCc2cc(F)c(F)cc21. The highest BCUT2D eigenvalue weighted by atomic mass is 19.2. The fourth-order valence-electron chi connectivity index (χ4n) is 2.51. The maximum atomic E-state index is 13.1. The van der Waals surface area contributed by atoms with Gasteiger partial charge in [-0.1, -0.05) is 20.3 Å². The summed E-state index contributed by atoms with van der Waals surface area (Å²) in [7, 11) is 0. The Hall–Kier alpha value is -0.920. The van der Waals surface area contributed by atoms with Crippen LogP contribution in [0.15, 0.2) is 12.1 Å². The first-order chi connectivity index (χ1) is 7.13. The third kappa shape index (κ3) is 1.77. The zero-order valence-corrected chi connectivity index (χ0v) is 9.19. The van der Waals surface area contributed by atoms with Crippen LogP contribution < -0.4 is 0 Å². The first kappa shape index (κ1) is 10.6. The summed E-state index contributed by atoms with van der Waals surface area (Å²) in [6, 6.07) is 2.77. The average Bonchev–Trinajstić information content (AvgIpc) is 2.61. The summed E-state index contributed by atoms with van der Waals surface area (Å²) in [6.45, 7) is 4.32. The van der Waals surface area contributed by atoms with E-state index in [1.807, 2.05) is 0 Å². The summed E-state index contributed by atoms with van der Waals surface area (Å²) in [4.78, 5) is 0. The molecule has 1 aromatic rings. The van der Waals surface area contributed by atoms with Gasteiger partial charge < -0.3 is 0 Å². The van der Waals surface area contributed by atoms with Crippen LogP contribution in [0.2, 0.25) is 0 Å². The molecule has 0 radical (unpaired) electrons. The van der Waals surface area contributed by atoms with Crippen molar-refractivity contribution in [2.45, 2.75) is 39.0 Å². The van der Waals surface area contributed by atoms with Gasteiger partial charge in [-0.15, -0.1) is 0 Å². The highest BCUT2D eigenvalue weighted by molar-refractivity contribution is 5.36. The minimum absolute atomic E-state index is 0.417. The minimum Gasteiger partial charge on any atom is -0.204 e. The summed E-state index contributed by atoms with van der Waals surface area (Å²) >= 11 is 0. The highest BCUT2D eigenvalue weighted by Crippen LogP contribution is 2.40. The van der Waals surface area contributed by atoms with Crippen molar-refractivity contribution >= 4 is 0 Å². The number of hydrogen-bond donors (Lipinski definition) is 0. The Morgan fingerprint density at radius 2 is 2.00 bits per heavy atom. The maximum Gasteiger partial charge on any atom is 0.159 e. The van der Waals surface area contributed by atoms with E-state index in [2.05, 4.69) is 13.8 Å². The number of hydrogen-bond acceptors (Lipinski definition) is 0. The number of rotatable bonds is 2. The van der Waals surface area contributed by atoms with E-state index in [0.717, 1.165) is 30.4 Å². The predicted octanol–water partition coefficient (Wildman–Crippen LogP) is 4.04. The zero-order valence-electron chi connectivity index (χ0n) is 9.19. The summed E-state index contributed by atoms with van der Waals surface area (Å²) < 4.78 is 26.1. The van der Waals surface area contributed by atoms with Gasteiger partial charge in [-0.05, 0) is 47.9 Å². The molecule has 15 heavy (non-hydrogen) atoms. The van der Waals surface area contributed by atoms with Crippen molar-refractivity contribution in [3.05, 3.63) is 34.9 Å². The molecule has 0 aliphatic heterocycles. The van der Waals surface area contributed by atoms with Crippen LogP contribution in [0.5, 0.6) is 0 Å². The molecule has 2 rings (SSSR count). The van der Waals surface area contributed by atoms with Crippen molar-refractivity contribution in [1.29, 1.82) is 0 Å². The van der Waals surface area contributed by atoms with Crippen LogP contribution in [0.4, 0.5) is 8.78 Å². The molecule has 0 aromatic heterocycles. The Morgan fingerprint density at radius 1 is 1.33 bits per heavy atom. The zero-order chi connectivity index (χ0) is 11.0. The van der Waals surface area contributed by atoms with Crippen molar-refractivity contribution in [2.75, 3.05) is 0 Å². The van der Waals surface area contributed by atoms with E-state index in [0.29, 0.717) is 11.8 Å². The second-order valence-electron chi connectivity index (χ2n) is 4.50. The molecule has 2 atom stereocenters. The molecular formula is C13H16F2. The predicted molar refractivity (Wildman–Crippen MR) is 56.9 cm³/mol. The van der Waals surface area contributed by atoms with Crippen LogP contribution in [-0.2, 0) is 6.42 Å². The molecular weight excluding hydrogens is 194 g/mol. The largest absolute Gasteiger partial charge is 0.204 e. The van der Waals surface area contributed by atoms with Gasteiger partial charge in [0.2, 0.25) is 0 Å². The summed E-state index contributed by atoms with van der Waals surface area (Å²) in [6.07, 6.45) is 3.01. The number of aryl methyl sites for hydroxylation is 1. The Labute approximate surface area is 89.3 Å². The molecule has 0 saturated carbocycles. The molecule has 0 spiro atoms. The molecule has 0 amide bonds. The lowest BCUT2D eigenvalue weighted by Crippen LogP contribution is -2.06. The van der Waals surface area contributed by atoms with E-state index >= 15 is 0 Å². The first-order valence-electron chi connectivity index (χ1n) is 5.61. The monoisotopic (exact) mass is 210 g/mol. The normalized spacial score (nSPS) is 21.5.